The van der Waals surface area contributed by atoms with Gasteiger partial charge in [0, 0.05) is 39.7 Å². The van der Waals surface area contributed by atoms with Crippen molar-refractivity contribution in [3.63, 3.8) is 0 Å². The Labute approximate surface area is 151 Å². The Balaban J connectivity index is 2.03. The van der Waals surface area contributed by atoms with E-state index in [9.17, 15) is 4.79 Å². The van der Waals surface area contributed by atoms with Gasteiger partial charge < -0.3 is 5.73 Å². The van der Waals surface area contributed by atoms with Gasteiger partial charge in [-0.1, -0.05) is 42.5 Å². The number of fused-ring (bicyclic) bond motifs is 3. The van der Waals surface area contributed by atoms with Crippen LogP contribution in [-0.2, 0) is 0 Å². The minimum absolute atomic E-state index is 0.103. The number of Topliss-reactive ketones (excluding diaryl/α,β-unsaturated/α-hetero) is 1. The molecule has 2 aromatic carbocycles. The van der Waals surface area contributed by atoms with E-state index in [2.05, 4.69) is 4.98 Å². The van der Waals surface area contributed by atoms with Gasteiger partial charge in [-0.25, -0.2) is 4.98 Å². The number of rotatable bonds is 3. The molecule has 0 aliphatic rings. The number of carbonyl (C=O) groups excluding carboxylic acids is 1. The van der Waals surface area contributed by atoms with Crippen LogP contribution in [-0.4, -0.2) is 21.3 Å². The molecule has 128 valence electrons. The molecule has 0 bridgehead atoms. The molecule has 0 unspecified atom stereocenters. The first-order chi connectivity index (χ1) is 12.4. The molecule has 0 aliphatic heterocycles. The van der Waals surface area contributed by atoms with Gasteiger partial charge in [-0.15, -0.1) is 0 Å². The summed E-state index contributed by atoms with van der Waals surface area (Å²) in [7, 11) is 0. The maximum atomic E-state index is 12.6. The molecule has 0 fully saturated rings. The Bertz CT molecular complexity index is 1130. The van der Waals surface area contributed by atoms with Crippen LogP contribution in [0.3, 0.4) is 0 Å². The highest BCUT2D eigenvalue weighted by Gasteiger charge is 2.24. The predicted molar refractivity (Wildman–Crippen MR) is 105 cm³/mol. The van der Waals surface area contributed by atoms with Crippen molar-refractivity contribution in [1.29, 1.82) is 0 Å². The molecule has 0 saturated heterocycles. The molecule has 0 spiro atoms. The lowest BCUT2D eigenvalue weighted by atomic mass is 9.93. The number of aromatic nitrogens is 2. The smallest absolute Gasteiger partial charge is 0.182 e. The third-order valence-electron chi connectivity index (χ3n) is 4.49. The highest BCUT2D eigenvalue weighted by molar-refractivity contribution is 6.12. The van der Waals surface area contributed by atoms with Crippen molar-refractivity contribution in [3.8, 4) is 11.3 Å². The van der Waals surface area contributed by atoms with E-state index in [0.29, 0.717) is 5.56 Å². The van der Waals surface area contributed by atoms with E-state index in [4.69, 9.17) is 10.7 Å². The van der Waals surface area contributed by atoms with Gasteiger partial charge in [-0.05, 0) is 26.0 Å². The standard InChI is InChI=1S/C22H19N3O/c1-22(2,23)21(26)15-8-9-16-18-13-24-11-10-17(18)20(25-19(16)12-15)14-6-4-3-5-7-14/h3-13H,23H2,1-2H3. The second-order valence-corrected chi connectivity index (χ2v) is 7.03. The van der Waals surface area contributed by atoms with Crippen molar-refractivity contribution in [1.82, 2.24) is 9.97 Å². The number of hydrogen-bond donors (Lipinski definition) is 1. The van der Waals surface area contributed by atoms with Gasteiger partial charge in [0.1, 0.15) is 0 Å². The molecular formula is C22H19N3O. The van der Waals surface area contributed by atoms with Crippen LogP contribution in [0, 0.1) is 0 Å². The molecule has 0 aliphatic carbocycles. The molecule has 4 aromatic rings. The third-order valence-corrected chi connectivity index (χ3v) is 4.49. The van der Waals surface area contributed by atoms with Crippen molar-refractivity contribution in [3.05, 3.63) is 72.6 Å². The van der Waals surface area contributed by atoms with Crippen LogP contribution in [0.25, 0.3) is 32.9 Å². The Hall–Kier alpha value is -3.11. The maximum absolute atomic E-state index is 12.6. The zero-order valence-electron chi connectivity index (χ0n) is 14.7. The first-order valence-corrected chi connectivity index (χ1v) is 8.52. The minimum atomic E-state index is -0.922. The number of benzene rings is 2. The topological polar surface area (TPSA) is 68.9 Å². The fourth-order valence-electron chi connectivity index (χ4n) is 3.18. The summed E-state index contributed by atoms with van der Waals surface area (Å²) >= 11 is 0. The van der Waals surface area contributed by atoms with Gasteiger partial charge in [0.15, 0.2) is 5.78 Å². The molecule has 0 radical (unpaired) electrons. The SMILES string of the molecule is CC(C)(N)C(=O)c1ccc2c(c1)nc(-c1ccccc1)c1ccncc12. The molecular weight excluding hydrogens is 322 g/mol. The molecule has 0 saturated carbocycles. The lowest BCUT2D eigenvalue weighted by Crippen LogP contribution is -2.41. The van der Waals surface area contributed by atoms with Gasteiger partial charge in [-0.2, -0.15) is 0 Å². The molecule has 0 amide bonds. The molecule has 0 atom stereocenters. The summed E-state index contributed by atoms with van der Waals surface area (Å²) in [4.78, 5) is 21.7. The van der Waals surface area contributed by atoms with E-state index in [1.807, 2.05) is 60.8 Å². The fraction of sp³-hybridized carbons (Fsp3) is 0.136. The molecule has 4 heteroatoms. The number of ketones is 1. The van der Waals surface area contributed by atoms with Crippen molar-refractivity contribution in [2.45, 2.75) is 19.4 Å². The monoisotopic (exact) mass is 341 g/mol. The highest BCUT2D eigenvalue weighted by atomic mass is 16.1. The van der Waals surface area contributed by atoms with Gasteiger partial charge >= 0.3 is 0 Å². The number of carbonyl (C=O) groups is 1. The van der Waals surface area contributed by atoms with Gasteiger partial charge in [0.2, 0.25) is 0 Å². The van der Waals surface area contributed by atoms with Crippen LogP contribution in [0.1, 0.15) is 24.2 Å². The van der Waals surface area contributed by atoms with Crippen LogP contribution in [0.5, 0.6) is 0 Å². The summed E-state index contributed by atoms with van der Waals surface area (Å²) in [6.45, 7) is 3.43. The number of nitrogens with zero attached hydrogens (tertiary/aromatic N) is 2. The Morgan fingerprint density at radius 2 is 1.73 bits per heavy atom. The molecule has 2 aromatic heterocycles. The summed E-state index contributed by atoms with van der Waals surface area (Å²) < 4.78 is 0. The predicted octanol–water partition coefficient (Wildman–Crippen LogP) is 4.37. The number of pyridine rings is 2. The molecule has 2 N–H and O–H groups in total. The Morgan fingerprint density at radius 3 is 2.46 bits per heavy atom. The molecule has 26 heavy (non-hydrogen) atoms. The first kappa shape index (κ1) is 16.4. The normalized spacial score (nSPS) is 11.8. The largest absolute Gasteiger partial charge is 0.319 e. The number of hydrogen-bond acceptors (Lipinski definition) is 4. The van der Waals surface area contributed by atoms with Gasteiger partial charge in [0.05, 0.1) is 16.7 Å². The van der Waals surface area contributed by atoms with Crippen LogP contribution in [0.4, 0.5) is 0 Å². The first-order valence-electron chi connectivity index (χ1n) is 8.52. The average molecular weight is 341 g/mol. The zero-order valence-corrected chi connectivity index (χ0v) is 14.7. The second kappa shape index (κ2) is 6.00. The van der Waals surface area contributed by atoms with E-state index in [-0.39, 0.29) is 5.78 Å². The molecule has 4 nitrogen and oxygen atoms in total. The van der Waals surface area contributed by atoms with Crippen LogP contribution in [0.2, 0.25) is 0 Å². The van der Waals surface area contributed by atoms with E-state index in [1.165, 1.54) is 0 Å². The summed E-state index contributed by atoms with van der Waals surface area (Å²) in [5.41, 5.74) is 8.31. The van der Waals surface area contributed by atoms with Crippen molar-refractivity contribution in [2.24, 2.45) is 5.73 Å². The Kier molecular flexibility index (Phi) is 3.78. The molecule has 2 heterocycles. The van der Waals surface area contributed by atoms with Crippen LogP contribution < -0.4 is 5.73 Å². The van der Waals surface area contributed by atoms with Crippen molar-refractivity contribution >= 4 is 27.5 Å². The van der Waals surface area contributed by atoms with Gasteiger partial charge in [-0.3, -0.25) is 9.78 Å². The quantitative estimate of drug-likeness (QED) is 0.444. The summed E-state index contributed by atoms with van der Waals surface area (Å²) in [5, 5.41) is 3.03. The second-order valence-electron chi connectivity index (χ2n) is 7.03. The Morgan fingerprint density at radius 1 is 0.962 bits per heavy atom. The van der Waals surface area contributed by atoms with E-state index >= 15 is 0 Å². The van der Waals surface area contributed by atoms with Crippen molar-refractivity contribution in [2.75, 3.05) is 0 Å². The third kappa shape index (κ3) is 2.74. The van der Waals surface area contributed by atoms with Crippen LogP contribution in [0.15, 0.2) is 67.0 Å². The van der Waals surface area contributed by atoms with Gasteiger partial charge in [0.25, 0.3) is 0 Å². The summed E-state index contributed by atoms with van der Waals surface area (Å²) in [6, 6.07) is 17.6. The summed E-state index contributed by atoms with van der Waals surface area (Å²) in [5.74, 6) is -0.103. The van der Waals surface area contributed by atoms with Crippen molar-refractivity contribution < 1.29 is 4.79 Å². The van der Waals surface area contributed by atoms with Crippen LogP contribution >= 0.6 is 0 Å². The van der Waals surface area contributed by atoms with E-state index in [0.717, 1.165) is 32.9 Å². The summed E-state index contributed by atoms with van der Waals surface area (Å²) in [6.07, 6.45) is 3.62. The molecule has 4 rings (SSSR count). The average Bonchev–Trinajstić information content (AvgIpc) is 2.66. The highest BCUT2D eigenvalue weighted by Crippen LogP contribution is 2.32. The zero-order chi connectivity index (χ0) is 18.3. The van der Waals surface area contributed by atoms with E-state index < -0.39 is 5.54 Å². The number of nitrogens with two attached hydrogens (primary N) is 1. The minimum Gasteiger partial charge on any atom is -0.319 e. The lowest BCUT2D eigenvalue weighted by molar-refractivity contribution is 0.0913. The lowest BCUT2D eigenvalue weighted by Gasteiger charge is -2.17. The fourth-order valence-corrected chi connectivity index (χ4v) is 3.18. The van der Waals surface area contributed by atoms with E-state index in [1.54, 1.807) is 20.0 Å². The maximum Gasteiger partial charge on any atom is 0.182 e.